The lowest BCUT2D eigenvalue weighted by Crippen LogP contribution is -3.10. The van der Waals surface area contributed by atoms with Gasteiger partial charge in [0.25, 0.3) is 11.8 Å². The van der Waals surface area contributed by atoms with Crippen LogP contribution >= 0.6 is 11.6 Å². The molecule has 0 radical (unpaired) electrons. The van der Waals surface area contributed by atoms with Gasteiger partial charge in [-0.3, -0.25) is 4.79 Å². The molecule has 0 spiro atoms. The SMILES string of the molecule is C[C@H](c1nnc(-c2cccc(Cl)c2)o1)[NH+](C)CC(=O)NC1CC1. The van der Waals surface area contributed by atoms with E-state index in [-0.39, 0.29) is 11.9 Å². The number of quaternary nitrogens is 1. The Morgan fingerprint density at radius 1 is 1.48 bits per heavy atom. The molecule has 0 aliphatic heterocycles. The summed E-state index contributed by atoms with van der Waals surface area (Å²) < 4.78 is 5.75. The molecule has 1 amide bonds. The van der Waals surface area contributed by atoms with Crippen molar-refractivity contribution >= 4 is 17.5 Å². The molecule has 1 heterocycles. The minimum absolute atomic E-state index is 0.0615. The first-order valence-electron chi connectivity index (χ1n) is 7.74. The normalized spacial score (nSPS) is 16.8. The Bertz CT molecular complexity index is 699. The lowest BCUT2D eigenvalue weighted by molar-refractivity contribution is -0.903. The van der Waals surface area contributed by atoms with Crippen LogP contribution in [0, 0.1) is 0 Å². The number of nitrogens with one attached hydrogen (secondary N) is 2. The monoisotopic (exact) mass is 335 g/mol. The Morgan fingerprint density at radius 2 is 2.26 bits per heavy atom. The predicted molar refractivity (Wildman–Crippen MR) is 86.1 cm³/mol. The average Bonchev–Trinajstić information content (AvgIpc) is 3.18. The maximum absolute atomic E-state index is 11.9. The summed E-state index contributed by atoms with van der Waals surface area (Å²) in [5, 5.41) is 11.8. The Kier molecular flexibility index (Phi) is 4.63. The van der Waals surface area contributed by atoms with Gasteiger partial charge < -0.3 is 14.6 Å². The molecule has 2 atom stereocenters. The number of rotatable bonds is 6. The largest absolute Gasteiger partial charge is 0.415 e. The highest BCUT2D eigenvalue weighted by Crippen LogP contribution is 2.22. The van der Waals surface area contributed by atoms with E-state index in [9.17, 15) is 4.79 Å². The van der Waals surface area contributed by atoms with Crippen molar-refractivity contribution in [3.63, 3.8) is 0 Å². The third-order valence-electron chi connectivity index (χ3n) is 4.00. The first kappa shape index (κ1) is 16.0. The summed E-state index contributed by atoms with van der Waals surface area (Å²) in [6.45, 7) is 2.35. The van der Waals surface area contributed by atoms with E-state index >= 15 is 0 Å². The van der Waals surface area contributed by atoms with E-state index in [1.54, 1.807) is 12.1 Å². The number of benzene rings is 1. The van der Waals surface area contributed by atoms with Crippen LogP contribution < -0.4 is 10.2 Å². The van der Waals surface area contributed by atoms with Crippen LogP contribution in [0.3, 0.4) is 0 Å². The van der Waals surface area contributed by atoms with Crippen molar-refractivity contribution in [1.29, 1.82) is 0 Å². The fourth-order valence-electron chi connectivity index (χ4n) is 2.27. The van der Waals surface area contributed by atoms with Crippen molar-refractivity contribution in [3.05, 3.63) is 35.2 Å². The van der Waals surface area contributed by atoms with Gasteiger partial charge in [-0.15, -0.1) is 10.2 Å². The summed E-state index contributed by atoms with van der Waals surface area (Å²) in [6, 6.07) is 7.59. The van der Waals surface area contributed by atoms with Gasteiger partial charge in [0.15, 0.2) is 12.6 Å². The molecule has 1 aliphatic carbocycles. The number of hydrogen-bond donors (Lipinski definition) is 2. The third-order valence-corrected chi connectivity index (χ3v) is 4.24. The molecule has 1 aromatic carbocycles. The molecule has 122 valence electrons. The molecule has 6 nitrogen and oxygen atoms in total. The second-order valence-electron chi connectivity index (χ2n) is 6.04. The Balaban J connectivity index is 1.65. The zero-order chi connectivity index (χ0) is 16.4. The zero-order valence-electron chi connectivity index (χ0n) is 13.2. The smallest absolute Gasteiger partial charge is 0.275 e. The van der Waals surface area contributed by atoms with Crippen LogP contribution in [-0.2, 0) is 4.79 Å². The van der Waals surface area contributed by atoms with Crippen molar-refractivity contribution in [3.8, 4) is 11.5 Å². The van der Waals surface area contributed by atoms with E-state index in [2.05, 4.69) is 15.5 Å². The molecule has 2 aromatic rings. The summed E-state index contributed by atoms with van der Waals surface area (Å²) in [7, 11) is 1.94. The van der Waals surface area contributed by atoms with Gasteiger partial charge >= 0.3 is 0 Å². The van der Waals surface area contributed by atoms with Crippen LogP contribution in [0.2, 0.25) is 5.02 Å². The van der Waals surface area contributed by atoms with Crippen LogP contribution in [0.25, 0.3) is 11.5 Å². The molecule has 2 N–H and O–H groups in total. The molecule has 0 bridgehead atoms. The quantitative estimate of drug-likeness (QED) is 0.833. The van der Waals surface area contributed by atoms with Gasteiger partial charge in [0.2, 0.25) is 5.89 Å². The molecule has 3 rings (SSSR count). The number of halogens is 1. The number of hydrogen-bond acceptors (Lipinski definition) is 4. The molecule has 0 saturated heterocycles. The first-order valence-corrected chi connectivity index (χ1v) is 8.11. The summed E-state index contributed by atoms with van der Waals surface area (Å²) >= 11 is 5.98. The van der Waals surface area contributed by atoms with Crippen LogP contribution in [-0.4, -0.2) is 35.7 Å². The predicted octanol–water partition coefficient (Wildman–Crippen LogP) is 1.24. The molecule has 23 heavy (non-hydrogen) atoms. The number of carbonyl (C=O) groups is 1. The van der Waals surface area contributed by atoms with Crippen molar-refractivity contribution < 1.29 is 14.1 Å². The molecule has 1 aliphatic rings. The third kappa shape index (κ3) is 4.09. The molecule has 1 fully saturated rings. The summed E-state index contributed by atoms with van der Waals surface area (Å²) in [5.74, 6) is 1.01. The second-order valence-corrected chi connectivity index (χ2v) is 6.48. The number of nitrogens with zero attached hydrogens (tertiary/aromatic N) is 2. The molecule has 1 aromatic heterocycles. The Labute approximate surface area is 139 Å². The van der Waals surface area contributed by atoms with E-state index in [0.717, 1.165) is 23.3 Å². The maximum Gasteiger partial charge on any atom is 0.275 e. The van der Waals surface area contributed by atoms with Gasteiger partial charge in [0.1, 0.15) is 0 Å². The van der Waals surface area contributed by atoms with E-state index in [4.69, 9.17) is 16.0 Å². The highest BCUT2D eigenvalue weighted by molar-refractivity contribution is 6.30. The topological polar surface area (TPSA) is 72.5 Å². The second kappa shape index (κ2) is 6.68. The van der Waals surface area contributed by atoms with E-state index < -0.39 is 0 Å². The number of likely N-dealkylation sites (N-methyl/N-ethyl adjacent to an activating group) is 1. The molecule has 7 heteroatoms. The summed E-state index contributed by atoms with van der Waals surface area (Å²) in [6.07, 6.45) is 2.18. The standard InChI is InChI=1S/C16H19ClN4O2/c1-10(21(2)9-14(22)18-13-6-7-13)15-19-20-16(23-15)11-4-3-5-12(17)8-11/h3-5,8,10,13H,6-7,9H2,1-2H3,(H,18,22)/p+1/t10-/m1/s1. The van der Waals surface area contributed by atoms with E-state index in [0.29, 0.717) is 29.4 Å². The highest BCUT2D eigenvalue weighted by Gasteiger charge is 2.28. The van der Waals surface area contributed by atoms with E-state index in [1.165, 1.54) is 0 Å². The summed E-state index contributed by atoms with van der Waals surface area (Å²) in [5.41, 5.74) is 0.785. The minimum Gasteiger partial charge on any atom is -0.415 e. The van der Waals surface area contributed by atoms with Crippen molar-refractivity contribution in [2.75, 3.05) is 13.6 Å². The zero-order valence-corrected chi connectivity index (χ0v) is 13.9. The lowest BCUT2D eigenvalue weighted by atomic mass is 10.2. The van der Waals surface area contributed by atoms with Crippen LogP contribution in [0.5, 0.6) is 0 Å². The molecule has 1 unspecified atom stereocenters. The van der Waals surface area contributed by atoms with Gasteiger partial charge in [-0.1, -0.05) is 17.7 Å². The maximum atomic E-state index is 11.9. The highest BCUT2D eigenvalue weighted by atomic mass is 35.5. The number of amides is 1. The van der Waals surface area contributed by atoms with Crippen LogP contribution in [0.4, 0.5) is 0 Å². The summed E-state index contributed by atoms with van der Waals surface area (Å²) in [4.78, 5) is 12.9. The van der Waals surface area contributed by atoms with Crippen LogP contribution in [0.15, 0.2) is 28.7 Å². The van der Waals surface area contributed by atoms with Gasteiger partial charge in [-0.2, -0.15) is 0 Å². The fraction of sp³-hybridized carbons (Fsp3) is 0.438. The van der Waals surface area contributed by atoms with Crippen LogP contribution in [0.1, 0.15) is 31.7 Å². The van der Waals surface area contributed by atoms with Gasteiger partial charge in [-0.25, -0.2) is 0 Å². The number of carbonyl (C=O) groups excluding carboxylic acids is 1. The molecule has 1 saturated carbocycles. The minimum atomic E-state index is -0.0691. The lowest BCUT2D eigenvalue weighted by Gasteiger charge is -2.18. The van der Waals surface area contributed by atoms with Gasteiger partial charge in [0, 0.05) is 16.6 Å². The molecular weight excluding hydrogens is 316 g/mol. The first-order chi connectivity index (χ1) is 11.0. The Morgan fingerprint density at radius 3 is 2.96 bits per heavy atom. The van der Waals surface area contributed by atoms with E-state index in [1.807, 2.05) is 26.1 Å². The van der Waals surface area contributed by atoms with Crippen molar-refractivity contribution in [2.45, 2.75) is 31.8 Å². The van der Waals surface area contributed by atoms with Gasteiger partial charge in [-0.05, 0) is 38.0 Å². The Hall–Kier alpha value is -1.92. The number of aromatic nitrogens is 2. The molecular formula is C16H20ClN4O2+. The average molecular weight is 336 g/mol. The fourth-order valence-corrected chi connectivity index (χ4v) is 2.46. The van der Waals surface area contributed by atoms with Crippen molar-refractivity contribution in [1.82, 2.24) is 15.5 Å². The van der Waals surface area contributed by atoms with Crippen molar-refractivity contribution in [2.24, 2.45) is 0 Å². The van der Waals surface area contributed by atoms with Gasteiger partial charge in [0.05, 0.1) is 7.05 Å².